The first-order valence-corrected chi connectivity index (χ1v) is 14.2. The van der Waals surface area contributed by atoms with Crippen LogP contribution in [0.2, 0.25) is 0 Å². The van der Waals surface area contributed by atoms with Gasteiger partial charge in [-0.25, -0.2) is 0 Å². The third kappa shape index (κ3) is 19.8. The Hall–Kier alpha value is -0.200. The number of hydrogen-bond acceptors (Lipinski definition) is 5. The van der Waals surface area contributed by atoms with Crippen LogP contribution in [-0.2, 0) is 4.74 Å². The molecule has 5 heteroatoms. The molecule has 0 aliphatic rings. The van der Waals surface area contributed by atoms with Crippen LogP contribution in [0.5, 0.6) is 0 Å². The molecule has 0 saturated heterocycles. The normalized spacial score (nSPS) is 15.5. The Morgan fingerprint density at radius 3 is 1.00 bits per heavy atom. The summed E-state index contributed by atoms with van der Waals surface area (Å²) in [7, 11) is 0. The highest BCUT2D eigenvalue weighted by molar-refractivity contribution is 4.81. The Labute approximate surface area is 205 Å². The van der Waals surface area contributed by atoms with Crippen LogP contribution < -0.4 is 0 Å². The predicted molar refractivity (Wildman–Crippen MR) is 139 cm³/mol. The zero-order chi connectivity index (χ0) is 24.7. The summed E-state index contributed by atoms with van der Waals surface area (Å²) in [5.74, 6) is 0. The summed E-state index contributed by atoms with van der Waals surface area (Å²) in [6.45, 7) is 3.74. The number of rotatable bonds is 26. The molecular formula is C28H58O5. The van der Waals surface area contributed by atoms with E-state index in [9.17, 15) is 20.4 Å². The second kappa shape index (κ2) is 22.3. The fraction of sp³-hybridized carbons (Fsp3) is 1.00. The molecule has 0 fully saturated rings. The van der Waals surface area contributed by atoms with E-state index in [4.69, 9.17) is 4.74 Å². The summed E-state index contributed by atoms with van der Waals surface area (Å²) >= 11 is 0. The summed E-state index contributed by atoms with van der Waals surface area (Å²) in [5.41, 5.74) is -2.54. The van der Waals surface area contributed by atoms with Crippen molar-refractivity contribution in [1.29, 1.82) is 0 Å². The van der Waals surface area contributed by atoms with Crippen molar-refractivity contribution in [2.45, 2.75) is 153 Å². The maximum absolute atomic E-state index is 10.6. The highest BCUT2D eigenvalue weighted by Crippen LogP contribution is 2.21. The van der Waals surface area contributed by atoms with E-state index in [1.807, 2.05) is 0 Å². The van der Waals surface area contributed by atoms with Crippen LogP contribution in [0.25, 0.3) is 0 Å². The molecule has 0 aromatic carbocycles. The van der Waals surface area contributed by atoms with E-state index < -0.39 is 11.2 Å². The Morgan fingerprint density at radius 1 is 0.455 bits per heavy atom. The third-order valence-corrected chi connectivity index (χ3v) is 6.82. The van der Waals surface area contributed by atoms with Gasteiger partial charge in [0.15, 0.2) is 0 Å². The van der Waals surface area contributed by atoms with Gasteiger partial charge in [0, 0.05) is 0 Å². The lowest BCUT2D eigenvalue weighted by Crippen LogP contribution is -2.43. The molecule has 5 nitrogen and oxygen atoms in total. The first-order chi connectivity index (χ1) is 15.9. The first-order valence-electron chi connectivity index (χ1n) is 14.2. The smallest absolute Gasteiger partial charge is 0.111 e. The van der Waals surface area contributed by atoms with Gasteiger partial charge < -0.3 is 25.2 Å². The van der Waals surface area contributed by atoms with Crippen LogP contribution in [0.15, 0.2) is 0 Å². The average molecular weight is 475 g/mol. The van der Waals surface area contributed by atoms with Gasteiger partial charge in [0.1, 0.15) is 11.2 Å². The number of hydrogen-bond donors (Lipinski definition) is 4. The van der Waals surface area contributed by atoms with Gasteiger partial charge in [0.2, 0.25) is 0 Å². The van der Waals surface area contributed by atoms with Crippen LogP contribution in [0.4, 0.5) is 0 Å². The summed E-state index contributed by atoms with van der Waals surface area (Å²) in [6, 6.07) is 0. The SMILES string of the molecule is CCCCCCCCCCCC(O)(CO)COCC(O)(CO)CCCCCCCCCCC. The minimum Gasteiger partial charge on any atom is -0.393 e. The van der Waals surface area contributed by atoms with Gasteiger partial charge in [-0.3, -0.25) is 0 Å². The standard InChI is InChI=1S/C28H58O5/c1-3-5-7-9-11-13-15-17-19-21-27(31,23-29)25-33-26-28(32,24-30)22-20-18-16-14-12-10-8-6-4-2/h29-32H,3-26H2,1-2H3. The molecular weight excluding hydrogens is 416 g/mol. The highest BCUT2D eigenvalue weighted by Gasteiger charge is 2.30. The highest BCUT2D eigenvalue weighted by atomic mass is 16.5. The maximum Gasteiger partial charge on any atom is 0.111 e. The lowest BCUT2D eigenvalue weighted by Gasteiger charge is -2.30. The monoisotopic (exact) mass is 474 g/mol. The fourth-order valence-corrected chi connectivity index (χ4v) is 4.35. The van der Waals surface area contributed by atoms with E-state index in [0.717, 1.165) is 38.5 Å². The molecule has 0 aliphatic heterocycles. The van der Waals surface area contributed by atoms with Crippen molar-refractivity contribution in [3.05, 3.63) is 0 Å². The third-order valence-electron chi connectivity index (χ3n) is 6.82. The van der Waals surface area contributed by atoms with Crippen molar-refractivity contribution in [3.8, 4) is 0 Å². The van der Waals surface area contributed by atoms with Crippen molar-refractivity contribution >= 4 is 0 Å². The number of ether oxygens (including phenoxy) is 1. The molecule has 0 aliphatic carbocycles. The van der Waals surface area contributed by atoms with Gasteiger partial charge in [-0.15, -0.1) is 0 Å². The molecule has 0 bridgehead atoms. The van der Waals surface area contributed by atoms with Crippen molar-refractivity contribution in [2.75, 3.05) is 26.4 Å². The second-order valence-corrected chi connectivity index (χ2v) is 10.4. The Morgan fingerprint density at radius 2 is 0.727 bits per heavy atom. The molecule has 0 saturated carbocycles. The number of aliphatic hydroxyl groups is 4. The minimum absolute atomic E-state index is 0.0133. The topological polar surface area (TPSA) is 90.2 Å². The Balaban J connectivity index is 3.92. The molecule has 0 spiro atoms. The van der Waals surface area contributed by atoms with Gasteiger partial charge >= 0.3 is 0 Å². The van der Waals surface area contributed by atoms with Crippen LogP contribution >= 0.6 is 0 Å². The van der Waals surface area contributed by atoms with Gasteiger partial charge in [-0.05, 0) is 12.8 Å². The maximum atomic E-state index is 10.6. The molecule has 200 valence electrons. The van der Waals surface area contributed by atoms with Crippen molar-refractivity contribution in [3.63, 3.8) is 0 Å². The number of unbranched alkanes of at least 4 members (excludes halogenated alkanes) is 16. The summed E-state index contributed by atoms with van der Waals surface area (Å²) in [5, 5.41) is 40.5. The van der Waals surface area contributed by atoms with E-state index in [2.05, 4.69) is 13.8 Å². The van der Waals surface area contributed by atoms with Gasteiger partial charge in [0.05, 0.1) is 26.4 Å². The van der Waals surface area contributed by atoms with Crippen LogP contribution in [-0.4, -0.2) is 58.1 Å². The molecule has 0 heterocycles. The fourth-order valence-electron chi connectivity index (χ4n) is 4.35. The molecule has 0 amide bonds. The van der Waals surface area contributed by atoms with Gasteiger partial charge in [0.25, 0.3) is 0 Å². The van der Waals surface area contributed by atoms with E-state index in [1.54, 1.807) is 0 Å². The molecule has 33 heavy (non-hydrogen) atoms. The lowest BCUT2D eigenvalue weighted by molar-refractivity contribution is -0.129. The van der Waals surface area contributed by atoms with Gasteiger partial charge in [-0.2, -0.15) is 0 Å². The Kier molecular flexibility index (Phi) is 22.1. The van der Waals surface area contributed by atoms with Crippen LogP contribution in [0, 0.1) is 0 Å². The molecule has 2 unspecified atom stereocenters. The van der Waals surface area contributed by atoms with Crippen LogP contribution in [0.1, 0.15) is 142 Å². The van der Waals surface area contributed by atoms with E-state index >= 15 is 0 Å². The average Bonchev–Trinajstić information content (AvgIpc) is 2.82. The van der Waals surface area contributed by atoms with E-state index in [0.29, 0.717) is 12.8 Å². The molecule has 0 aromatic rings. The predicted octanol–water partition coefficient (Wildman–Crippen LogP) is 6.29. The largest absolute Gasteiger partial charge is 0.393 e. The summed E-state index contributed by atoms with van der Waals surface area (Å²) in [6.07, 6.45) is 22.7. The quantitative estimate of drug-likeness (QED) is 0.111. The van der Waals surface area contributed by atoms with Crippen molar-refractivity contribution in [2.24, 2.45) is 0 Å². The molecule has 0 aromatic heterocycles. The lowest BCUT2D eigenvalue weighted by atomic mass is 9.95. The number of aliphatic hydroxyl groups excluding tert-OH is 2. The van der Waals surface area contributed by atoms with E-state index in [1.165, 1.54) is 77.0 Å². The summed E-state index contributed by atoms with van der Waals surface area (Å²) < 4.78 is 5.59. The zero-order valence-corrected chi connectivity index (χ0v) is 22.2. The molecule has 0 rings (SSSR count). The Bertz CT molecular complexity index is 370. The van der Waals surface area contributed by atoms with Gasteiger partial charge in [-0.1, -0.05) is 129 Å². The van der Waals surface area contributed by atoms with E-state index in [-0.39, 0.29) is 26.4 Å². The van der Waals surface area contributed by atoms with Crippen LogP contribution in [0.3, 0.4) is 0 Å². The second-order valence-electron chi connectivity index (χ2n) is 10.4. The molecule has 2 atom stereocenters. The first kappa shape index (κ1) is 32.8. The minimum atomic E-state index is -1.27. The van der Waals surface area contributed by atoms with Crippen molar-refractivity contribution < 1.29 is 25.2 Å². The molecule has 4 N–H and O–H groups in total. The molecule has 0 radical (unpaired) electrons. The summed E-state index contributed by atoms with van der Waals surface area (Å²) in [4.78, 5) is 0. The zero-order valence-electron chi connectivity index (χ0n) is 22.2. The van der Waals surface area contributed by atoms with Crippen molar-refractivity contribution in [1.82, 2.24) is 0 Å².